The molecule has 1 nitrogen and oxygen atoms in total. The van der Waals surface area contributed by atoms with E-state index in [1.165, 1.54) is 11.3 Å². The first-order valence-corrected chi connectivity index (χ1v) is 6.34. The molecular weight excluding hydrogens is 216 g/mol. The highest BCUT2D eigenvalue weighted by Crippen LogP contribution is 2.33. The van der Waals surface area contributed by atoms with E-state index in [1.807, 2.05) is 12.1 Å². The second-order valence-corrected chi connectivity index (χ2v) is 5.97. The Balaban J connectivity index is 2.01. The molecule has 0 spiro atoms. The van der Waals surface area contributed by atoms with Gasteiger partial charge in [-0.15, -0.1) is 11.3 Å². The van der Waals surface area contributed by atoms with Gasteiger partial charge in [-0.25, -0.2) is 0 Å². The van der Waals surface area contributed by atoms with Crippen LogP contribution in [0.5, 0.6) is 0 Å². The number of rotatable bonds is 2. The first kappa shape index (κ1) is 10.5. The van der Waals surface area contributed by atoms with Gasteiger partial charge in [0.2, 0.25) is 0 Å². The third-order valence-electron chi connectivity index (χ3n) is 2.92. The van der Waals surface area contributed by atoms with Crippen LogP contribution in [0.25, 0.3) is 0 Å². The molecular formula is C11H15ClOS. The summed E-state index contributed by atoms with van der Waals surface area (Å²) < 4.78 is 0.819. The van der Waals surface area contributed by atoms with E-state index in [-0.39, 0.29) is 0 Å². The summed E-state index contributed by atoms with van der Waals surface area (Å²) >= 11 is 7.45. The van der Waals surface area contributed by atoms with Gasteiger partial charge in [0, 0.05) is 11.3 Å². The van der Waals surface area contributed by atoms with Crippen LogP contribution in [-0.2, 0) is 6.42 Å². The third kappa shape index (κ3) is 2.50. The highest BCUT2D eigenvalue weighted by molar-refractivity contribution is 7.16. The van der Waals surface area contributed by atoms with Crippen LogP contribution in [0.2, 0.25) is 4.34 Å². The average Bonchev–Trinajstić information content (AvgIpc) is 2.51. The van der Waals surface area contributed by atoms with Crippen LogP contribution in [0.1, 0.15) is 37.0 Å². The van der Waals surface area contributed by atoms with Gasteiger partial charge in [0.15, 0.2) is 0 Å². The van der Waals surface area contributed by atoms with Gasteiger partial charge in [0.05, 0.1) is 9.94 Å². The third-order valence-corrected chi connectivity index (χ3v) is 4.15. The van der Waals surface area contributed by atoms with Crippen LogP contribution < -0.4 is 0 Å². The molecule has 0 bridgehead atoms. The number of hydrogen-bond acceptors (Lipinski definition) is 2. The van der Waals surface area contributed by atoms with E-state index in [4.69, 9.17) is 11.6 Å². The maximum Gasteiger partial charge on any atom is 0.0931 e. The maximum atomic E-state index is 10.3. The molecule has 0 atom stereocenters. The molecule has 2 rings (SSSR count). The van der Waals surface area contributed by atoms with Gasteiger partial charge in [-0.2, -0.15) is 0 Å². The van der Waals surface area contributed by atoms with Crippen LogP contribution in [0.4, 0.5) is 0 Å². The minimum Gasteiger partial charge on any atom is -0.390 e. The lowest BCUT2D eigenvalue weighted by atomic mass is 9.82. The van der Waals surface area contributed by atoms with Crippen molar-refractivity contribution in [3.05, 3.63) is 21.3 Å². The van der Waals surface area contributed by atoms with Crippen LogP contribution in [0, 0.1) is 0 Å². The van der Waals surface area contributed by atoms with Crippen molar-refractivity contribution in [3.8, 4) is 0 Å². The van der Waals surface area contributed by atoms with Crippen molar-refractivity contribution < 1.29 is 5.11 Å². The molecule has 0 aromatic carbocycles. The fourth-order valence-corrected chi connectivity index (χ4v) is 3.38. The topological polar surface area (TPSA) is 20.2 Å². The predicted octanol–water partition coefficient (Wildman–Crippen LogP) is 3.64. The van der Waals surface area contributed by atoms with Crippen molar-refractivity contribution in [2.45, 2.75) is 44.1 Å². The Morgan fingerprint density at radius 2 is 2.00 bits per heavy atom. The Morgan fingerprint density at radius 1 is 1.29 bits per heavy atom. The van der Waals surface area contributed by atoms with Crippen molar-refractivity contribution in [2.75, 3.05) is 0 Å². The van der Waals surface area contributed by atoms with E-state index < -0.39 is 5.60 Å². The van der Waals surface area contributed by atoms with Gasteiger partial charge < -0.3 is 5.11 Å². The second kappa shape index (κ2) is 4.21. The van der Waals surface area contributed by atoms with Gasteiger partial charge in [0.1, 0.15) is 0 Å². The summed E-state index contributed by atoms with van der Waals surface area (Å²) in [6.07, 6.45) is 6.27. The van der Waals surface area contributed by atoms with Crippen molar-refractivity contribution in [1.82, 2.24) is 0 Å². The molecule has 1 aliphatic rings. The fraction of sp³-hybridized carbons (Fsp3) is 0.636. The lowest BCUT2D eigenvalue weighted by molar-refractivity contribution is 0.00519. The molecule has 1 aromatic heterocycles. The van der Waals surface area contributed by atoms with Gasteiger partial charge in [-0.1, -0.05) is 30.9 Å². The van der Waals surface area contributed by atoms with E-state index in [1.54, 1.807) is 11.3 Å². The zero-order valence-electron chi connectivity index (χ0n) is 8.13. The number of hydrogen-bond donors (Lipinski definition) is 1. The minimum absolute atomic E-state index is 0.452. The second-order valence-electron chi connectivity index (χ2n) is 4.17. The van der Waals surface area contributed by atoms with E-state index in [9.17, 15) is 5.11 Å². The zero-order valence-corrected chi connectivity index (χ0v) is 9.70. The normalized spacial score (nSPS) is 21.0. The Labute approximate surface area is 93.7 Å². The summed E-state index contributed by atoms with van der Waals surface area (Å²) in [7, 11) is 0. The summed E-state index contributed by atoms with van der Waals surface area (Å²) in [5.41, 5.74) is -0.452. The van der Waals surface area contributed by atoms with Crippen LogP contribution >= 0.6 is 22.9 Å². The summed E-state index contributed by atoms with van der Waals surface area (Å²) in [6.45, 7) is 0. The minimum atomic E-state index is -0.452. The van der Waals surface area contributed by atoms with Gasteiger partial charge in [-0.05, 0) is 25.0 Å². The molecule has 0 aliphatic heterocycles. The smallest absolute Gasteiger partial charge is 0.0931 e. The molecule has 1 fully saturated rings. The molecule has 0 radical (unpaired) electrons. The van der Waals surface area contributed by atoms with Crippen molar-refractivity contribution in [2.24, 2.45) is 0 Å². The zero-order chi connectivity index (χ0) is 10.0. The summed E-state index contributed by atoms with van der Waals surface area (Å²) in [6, 6.07) is 3.94. The summed E-state index contributed by atoms with van der Waals surface area (Å²) in [5.74, 6) is 0. The standard InChI is InChI=1S/C11H15ClOS/c12-10-5-4-9(14-10)8-11(13)6-2-1-3-7-11/h4-5,13H,1-3,6-8H2. The Morgan fingerprint density at radius 3 is 2.57 bits per heavy atom. The van der Waals surface area contributed by atoms with Crippen molar-refractivity contribution >= 4 is 22.9 Å². The first-order valence-electron chi connectivity index (χ1n) is 5.15. The molecule has 3 heteroatoms. The van der Waals surface area contributed by atoms with Gasteiger partial charge >= 0.3 is 0 Å². The Hall–Kier alpha value is -0.0500. The SMILES string of the molecule is OC1(Cc2ccc(Cl)s2)CCCCC1. The van der Waals surface area contributed by atoms with Crippen molar-refractivity contribution in [1.29, 1.82) is 0 Å². The van der Waals surface area contributed by atoms with Gasteiger partial charge in [0.25, 0.3) is 0 Å². The van der Waals surface area contributed by atoms with Crippen LogP contribution in [-0.4, -0.2) is 10.7 Å². The number of halogens is 1. The quantitative estimate of drug-likeness (QED) is 0.823. The predicted molar refractivity (Wildman–Crippen MR) is 61.1 cm³/mol. The molecule has 1 N–H and O–H groups in total. The Kier molecular flexibility index (Phi) is 3.15. The Bertz CT molecular complexity index is 302. The van der Waals surface area contributed by atoms with Crippen LogP contribution in [0.15, 0.2) is 12.1 Å². The highest BCUT2D eigenvalue weighted by Gasteiger charge is 2.29. The molecule has 1 aliphatic carbocycles. The summed E-state index contributed by atoms with van der Waals surface area (Å²) in [5, 5.41) is 10.3. The molecule has 0 saturated heterocycles. The largest absolute Gasteiger partial charge is 0.390 e. The number of thiophene rings is 1. The fourth-order valence-electron chi connectivity index (χ4n) is 2.16. The van der Waals surface area contributed by atoms with Crippen LogP contribution in [0.3, 0.4) is 0 Å². The molecule has 1 heterocycles. The molecule has 14 heavy (non-hydrogen) atoms. The first-order chi connectivity index (χ1) is 6.68. The van der Waals surface area contributed by atoms with Crippen molar-refractivity contribution in [3.63, 3.8) is 0 Å². The monoisotopic (exact) mass is 230 g/mol. The molecule has 1 saturated carbocycles. The molecule has 0 amide bonds. The van der Waals surface area contributed by atoms with E-state index in [0.29, 0.717) is 0 Å². The van der Waals surface area contributed by atoms with E-state index in [2.05, 4.69) is 0 Å². The maximum absolute atomic E-state index is 10.3. The molecule has 0 unspecified atom stereocenters. The summed E-state index contributed by atoms with van der Waals surface area (Å²) in [4.78, 5) is 1.21. The van der Waals surface area contributed by atoms with E-state index in [0.717, 1.165) is 36.4 Å². The molecule has 78 valence electrons. The van der Waals surface area contributed by atoms with Gasteiger partial charge in [-0.3, -0.25) is 0 Å². The number of aliphatic hydroxyl groups is 1. The highest BCUT2D eigenvalue weighted by atomic mass is 35.5. The molecule has 1 aromatic rings. The average molecular weight is 231 g/mol. The lowest BCUT2D eigenvalue weighted by Crippen LogP contribution is -2.33. The lowest BCUT2D eigenvalue weighted by Gasteiger charge is -2.31. The van der Waals surface area contributed by atoms with E-state index >= 15 is 0 Å².